The Balaban J connectivity index is 1.97. The molecule has 0 aromatic heterocycles. The van der Waals surface area contributed by atoms with Gasteiger partial charge in [0, 0.05) is 11.6 Å². The van der Waals surface area contributed by atoms with Crippen LogP contribution in [0.4, 0.5) is 27.6 Å². The van der Waals surface area contributed by atoms with E-state index in [0.717, 1.165) is 18.2 Å². The summed E-state index contributed by atoms with van der Waals surface area (Å²) in [5.41, 5.74) is -0.312. The minimum atomic E-state index is -1.65. The summed E-state index contributed by atoms with van der Waals surface area (Å²) in [6, 6.07) is 3.83. The minimum absolute atomic E-state index is 0.0729. The van der Waals surface area contributed by atoms with Crippen molar-refractivity contribution in [2.45, 2.75) is 13.0 Å². The maximum atomic E-state index is 13.6. The summed E-state index contributed by atoms with van der Waals surface area (Å²) in [5.74, 6) is -6.64. The van der Waals surface area contributed by atoms with E-state index in [9.17, 15) is 26.7 Å². The van der Waals surface area contributed by atoms with Crippen molar-refractivity contribution in [3.05, 3.63) is 65.0 Å². The first-order chi connectivity index (χ1) is 11.3. The number of hydrogen-bond acceptors (Lipinski definition) is 2. The average molecular weight is 344 g/mol. The Hall–Kier alpha value is -2.64. The molecule has 0 saturated heterocycles. The van der Waals surface area contributed by atoms with E-state index in [4.69, 9.17) is 0 Å². The summed E-state index contributed by atoms with van der Waals surface area (Å²) in [4.78, 5) is 11.8. The van der Waals surface area contributed by atoms with Crippen LogP contribution in [0.3, 0.4) is 0 Å². The van der Waals surface area contributed by atoms with E-state index in [2.05, 4.69) is 10.6 Å². The molecule has 24 heavy (non-hydrogen) atoms. The van der Waals surface area contributed by atoms with Crippen LogP contribution in [-0.4, -0.2) is 12.5 Å². The molecular formula is C16H13F5N2O. The molecule has 2 aromatic rings. The first-order valence-electron chi connectivity index (χ1n) is 6.91. The molecule has 0 aliphatic heterocycles. The predicted molar refractivity (Wildman–Crippen MR) is 77.7 cm³/mol. The summed E-state index contributed by atoms with van der Waals surface area (Å²) in [6.45, 7) is 1.03. The summed E-state index contributed by atoms with van der Waals surface area (Å²) >= 11 is 0. The molecule has 0 spiro atoms. The van der Waals surface area contributed by atoms with Crippen LogP contribution in [0.5, 0.6) is 0 Å². The normalized spacial score (nSPS) is 11.9. The van der Waals surface area contributed by atoms with Crippen molar-refractivity contribution < 1.29 is 26.7 Å². The lowest BCUT2D eigenvalue weighted by molar-refractivity contribution is -0.120. The lowest BCUT2D eigenvalue weighted by atomic mass is 10.1. The lowest BCUT2D eigenvalue weighted by Gasteiger charge is -2.16. The highest BCUT2D eigenvalue weighted by molar-refractivity contribution is 5.81. The Bertz CT molecular complexity index is 766. The maximum Gasteiger partial charge on any atom is 0.239 e. The fourth-order valence-electron chi connectivity index (χ4n) is 2.06. The van der Waals surface area contributed by atoms with E-state index in [-0.39, 0.29) is 11.3 Å². The van der Waals surface area contributed by atoms with Crippen molar-refractivity contribution in [2.75, 3.05) is 11.9 Å². The Kier molecular flexibility index (Phi) is 5.38. The highest BCUT2D eigenvalue weighted by atomic mass is 19.2. The van der Waals surface area contributed by atoms with E-state index in [1.165, 1.54) is 13.0 Å². The van der Waals surface area contributed by atoms with Gasteiger partial charge in [0.05, 0.1) is 18.3 Å². The third kappa shape index (κ3) is 4.01. The molecule has 2 aromatic carbocycles. The third-order valence-corrected chi connectivity index (χ3v) is 3.28. The molecule has 0 heterocycles. The maximum absolute atomic E-state index is 13.6. The Morgan fingerprint density at radius 2 is 1.71 bits per heavy atom. The fourth-order valence-corrected chi connectivity index (χ4v) is 2.06. The number of hydrogen-bond donors (Lipinski definition) is 2. The smallest absolute Gasteiger partial charge is 0.239 e. The predicted octanol–water partition coefficient (Wildman–Crippen LogP) is 3.67. The fraction of sp³-hybridized carbons (Fsp3) is 0.188. The van der Waals surface area contributed by atoms with Crippen molar-refractivity contribution in [3.63, 3.8) is 0 Å². The molecule has 2 rings (SSSR count). The second-order valence-corrected chi connectivity index (χ2v) is 5.03. The standard InChI is InChI=1S/C16H13F5N2O/c1-8(10-3-2-9(17)6-12(10)19)23-14(24)7-22-13-5-4-11(18)15(20)16(13)21/h2-6,8,22H,7H2,1H3,(H,23,24)/t8-/m1/s1. The zero-order chi connectivity index (χ0) is 17.9. The van der Waals surface area contributed by atoms with Gasteiger partial charge in [-0.05, 0) is 25.1 Å². The molecule has 0 aliphatic carbocycles. The van der Waals surface area contributed by atoms with Gasteiger partial charge in [0.1, 0.15) is 11.6 Å². The third-order valence-electron chi connectivity index (χ3n) is 3.28. The zero-order valence-electron chi connectivity index (χ0n) is 12.5. The van der Waals surface area contributed by atoms with Gasteiger partial charge in [-0.1, -0.05) is 6.07 Å². The van der Waals surface area contributed by atoms with E-state index in [0.29, 0.717) is 6.07 Å². The first kappa shape index (κ1) is 17.7. The van der Waals surface area contributed by atoms with Crippen LogP contribution in [0.1, 0.15) is 18.5 Å². The van der Waals surface area contributed by atoms with Crippen molar-refractivity contribution in [1.82, 2.24) is 5.32 Å². The van der Waals surface area contributed by atoms with Gasteiger partial charge in [-0.2, -0.15) is 0 Å². The topological polar surface area (TPSA) is 41.1 Å². The number of anilines is 1. The van der Waals surface area contributed by atoms with E-state index < -0.39 is 47.6 Å². The van der Waals surface area contributed by atoms with Crippen LogP contribution >= 0.6 is 0 Å². The van der Waals surface area contributed by atoms with Gasteiger partial charge in [0.15, 0.2) is 17.5 Å². The van der Waals surface area contributed by atoms with E-state index in [1.807, 2.05) is 0 Å². The monoisotopic (exact) mass is 344 g/mol. The molecule has 0 fully saturated rings. The molecule has 0 saturated carbocycles. The number of rotatable bonds is 5. The summed E-state index contributed by atoms with van der Waals surface area (Å²) in [6.07, 6.45) is 0. The highest BCUT2D eigenvalue weighted by Gasteiger charge is 2.16. The summed E-state index contributed by atoms with van der Waals surface area (Å²) < 4.78 is 65.8. The Morgan fingerprint density at radius 3 is 2.38 bits per heavy atom. The van der Waals surface area contributed by atoms with Crippen LogP contribution < -0.4 is 10.6 Å². The number of carbonyl (C=O) groups excluding carboxylic acids is 1. The van der Waals surface area contributed by atoms with E-state index in [1.54, 1.807) is 0 Å². The molecule has 0 unspecified atom stereocenters. The number of benzene rings is 2. The van der Waals surface area contributed by atoms with Gasteiger partial charge in [0.25, 0.3) is 0 Å². The average Bonchev–Trinajstić information content (AvgIpc) is 2.51. The Morgan fingerprint density at radius 1 is 1.00 bits per heavy atom. The van der Waals surface area contributed by atoms with Gasteiger partial charge in [0.2, 0.25) is 5.91 Å². The number of nitrogens with one attached hydrogen (secondary N) is 2. The van der Waals surface area contributed by atoms with Gasteiger partial charge in [-0.25, -0.2) is 22.0 Å². The highest BCUT2D eigenvalue weighted by Crippen LogP contribution is 2.20. The molecule has 0 radical (unpaired) electrons. The van der Waals surface area contributed by atoms with Crippen molar-refractivity contribution in [3.8, 4) is 0 Å². The van der Waals surface area contributed by atoms with Crippen molar-refractivity contribution in [2.24, 2.45) is 0 Å². The van der Waals surface area contributed by atoms with Gasteiger partial charge in [-0.3, -0.25) is 4.79 Å². The largest absolute Gasteiger partial charge is 0.374 e. The van der Waals surface area contributed by atoms with Crippen LogP contribution in [0, 0.1) is 29.1 Å². The summed E-state index contributed by atoms with van der Waals surface area (Å²) in [5, 5.41) is 4.73. The Labute approximate surface area is 134 Å². The number of carbonyl (C=O) groups is 1. The second kappa shape index (κ2) is 7.29. The molecule has 128 valence electrons. The quantitative estimate of drug-likeness (QED) is 0.642. The van der Waals surface area contributed by atoms with E-state index >= 15 is 0 Å². The zero-order valence-corrected chi connectivity index (χ0v) is 12.5. The second-order valence-electron chi connectivity index (χ2n) is 5.03. The van der Waals surface area contributed by atoms with Crippen molar-refractivity contribution >= 4 is 11.6 Å². The minimum Gasteiger partial charge on any atom is -0.374 e. The van der Waals surface area contributed by atoms with Crippen LogP contribution in [0.15, 0.2) is 30.3 Å². The molecule has 3 nitrogen and oxygen atoms in total. The molecule has 0 aliphatic rings. The molecule has 1 atom stereocenters. The van der Waals surface area contributed by atoms with Crippen LogP contribution in [0.2, 0.25) is 0 Å². The molecular weight excluding hydrogens is 331 g/mol. The SMILES string of the molecule is C[C@@H](NC(=O)CNc1ccc(F)c(F)c1F)c1ccc(F)cc1F. The number of halogens is 5. The van der Waals surface area contributed by atoms with Crippen LogP contribution in [-0.2, 0) is 4.79 Å². The summed E-state index contributed by atoms with van der Waals surface area (Å²) in [7, 11) is 0. The molecule has 1 amide bonds. The van der Waals surface area contributed by atoms with Crippen LogP contribution in [0.25, 0.3) is 0 Å². The van der Waals surface area contributed by atoms with Gasteiger partial charge >= 0.3 is 0 Å². The molecule has 0 bridgehead atoms. The molecule has 8 heteroatoms. The first-order valence-corrected chi connectivity index (χ1v) is 6.91. The number of amides is 1. The van der Waals surface area contributed by atoms with Gasteiger partial charge < -0.3 is 10.6 Å². The van der Waals surface area contributed by atoms with Gasteiger partial charge in [-0.15, -0.1) is 0 Å². The lowest BCUT2D eigenvalue weighted by Crippen LogP contribution is -2.32. The molecule has 2 N–H and O–H groups in total. The van der Waals surface area contributed by atoms with Crippen molar-refractivity contribution in [1.29, 1.82) is 0 Å².